The van der Waals surface area contributed by atoms with Crippen molar-refractivity contribution in [3.8, 4) is 0 Å². The summed E-state index contributed by atoms with van der Waals surface area (Å²) in [4.78, 5) is 13.9. The summed E-state index contributed by atoms with van der Waals surface area (Å²) in [6.45, 7) is 9.52. The molecule has 3 N–H and O–H groups in total. The zero-order valence-electron chi connectivity index (χ0n) is 16.8. The monoisotopic (exact) mass is 382 g/mol. The van der Waals surface area contributed by atoms with Crippen molar-refractivity contribution in [1.29, 1.82) is 0 Å². The molecule has 2 atom stereocenters. The van der Waals surface area contributed by atoms with Crippen LogP contribution < -0.4 is 5.73 Å². The van der Waals surface area contributed by atoms with Gasteiger partial charge >= 0.3 is 6.09 Å². The Morgan fingerprint density at radius 3 is 2.67 bits per heavy atom. The highest BCUT2D eigenvalue weighted by molar-refractivity contribution is 5.69. The Bertz CT molecular complexity index is 674. The first-order chi connectivity index (χ1) is 12.5. The van der Waals surface area contributed by atoms with E-state index in [2.05, 4.69) is 0 Å². The van der Waals surface area contributed by atoms with E-state index in [9.17, 15) is 14.3 Å². The molecule has 0 aliphatic carbocycles. The van der Waals surface area contributed by atoms with Crippen LogP contribution >= 0.6 is 0 Å². The van der Waals surface area contributed by atoms with Gasteiger partial charge in [-0.3, -0.25) is 0 Å². The number of carbonyl (C=O) groups excluding carboxylic acids is 1. The summed E-state index contributed by atoms with van der Waals surface area (Å²) < 4.78 is 25.6. The largest absolute Gasteiger partial charge is 0.444 e. The van der Waals surface area contributed by atoms with Crippen LogP contribution in [0.15, 0.2) is 18.2 Å². The van der Waals surface area contributed by atoms with Gasteiger partial charge in [0.05, 0.1) is 18.2 Å². The maximum Gasteiger partial charge on any atom is 0.410 e. The molecule has 0 bridgehead atoms. The van der Waals surface area contributed by atoms with Crippen LogP contribution in [0.2, 0.25) is 0 Å². The van der Waals surface area contributed by atoms with Crippen LogP contribution in [0.5, 0.6) is 0 Å². The maximum atomic E-state index is 14.6. The SMILES string of the molecule is CC(C)OCc1ccc(F)c(C2(N)CN(C(=O)OC(C)(C)C)CC2CO)c1. The quantitative estimate of drug-likeness (QED) is 0.818. The van der Waals surface area contributed by atoms with Crippen molar-refractivity contribution in [2.45, 2.75) is 58.5 Å². The van der Waals surface area contributed by atoms with Crippen molar-refractivity contribution < 1.29 is 23.8 Å². The number of aliphatic hydroxyl groups excluding tert-OH is 1. The van der Waals surface area contributed by atoms with Crippen LogP contribution in [0.25, 0.3) is 0 Å². The first-order valence-corrected chi connectivity index (χ1v) is 9.24. The van der Waals surface area contributed by atoms with Gasteiger partial charge in [-0.2, -0.15) is 0 Å². The molecule has 0 spiro atoms. The Kier molecular flexibility index (Phi) is 6.50. The molecule has 1 saturated heterocycles. The van der Waals surface area contributed by atoms with Crippen LogP contribution in [-0.4, -0.2) is 47.5 Å². The van der Waals surface area contributed by atoms with Crippen LogP contribution in [0.1, 0.15) is 45.7 Å². The average Bonchev–Trinajstić information content (AvgIpc) is 2.90. The van der Waals surface area contributed by atoms with Gasteiger partial charge < -0.3 is 25.2 Å². The molecule has 7 heteroatoms. The molecule has 152 valence electrons. The number of hydrogen-bond acceptors (Lipinski definition) is 5. The van der Waals surface area contributed by atoms with E-state index >= 15 is 0 Å². The number of halogens is 1. The normalized spacial score (nSPS) is 23.1. The fourth-order valence-corrected chi connectivity index (χ4v) is 3.21. The number of benzene rings is 1. The number of ether oxygens (including phenoxy) is 2. The van der Waals surface area contributed by atoms with E-state index in [4.69, 9.17) is 15.2 Å². The summed E-state index contributed by atoms with van der Waals surface area (Å²) in [5, 5.41) is 9.83. The second-order valence-corrected chi connectivity index (χ2v) is 8.45. The molecule has 1 heterocycles. The third-order valence-corrected chi connectivity index (χ3v) is 4.61. The number of nitrogens with two attached hydrogens (primary N) is 1. The molecule has 1 aromatic carbocycles. The standard InChI is InChI=1S/C20H31FN2O4/c1-13(2)26-11-14-6-7-17(21)16(8-14)20(22)12-23(9-15(20)10-24)18(25)27-19(3,4)5/h6-8,13,15,24H,9-12,22H2,1-5H3. The topological polar surface area (TPSA) is 85.0 Å². The van der Waals surface area contributed by atoms with E-state index < -0.39 is 29.0 Å². The number of hydrogen-bond donors (Lipinski definition) is 2. The van der Waals surface area contributed by atoms with Gasteiger partial charge in [-0.15, -0.1) is 0 Å². The summed E-state index contributed by atoms with van der Waals surface area (Å²) >= 11 is 0. The maximum absolute atomic E-state index is 14.6. The minimum atomic E-state index is -1.20. The van der Waals surface area contributed by atoms with E-state index in [1.54, 1.807) is 32.9 Å². The molecular weight excluding hydrogens is 351 g/mol. The van der Waals surface area contributed by atoms with E-state index in [1.165, 1.54) is 11.0 Å². The summed E-state index contributed by atoms with van der Waals surface area (Å²) in [5.41, 5.74) is 5.77. The number of amides is 1. The molecule has 0 saturated carbocycles. The summed E-state index contributed by atoms with van der Waals surface area (Å²) in [5.74, 6) is -0.962. The van der Waals surface area contributed by atoms with E-state index in [-0.39, 0.29) is 31.4 Å². The Balaban J connectivity index is 2.29. The fourth-order valence-electron chi connectivity index (χ4n) is 3.21. The smallest absolute Gasteiger partial charge is 0.410 e. The molecule has 0 aromatic heterocycles. The molecule has 0 radical (unpaired) electrons. The van der Waals surface area contributed by atoms with Gasteiger partial charge in [-0.05, 0) is 52.3 Å². The van der Waals surface area contributed by atoms with Crippen molar-refractivity contribution in [2.24, 2.45) is 11.7 Å². The van der Waals surface area contributed by atoms with E-state index in [0.717, 1.165) is 5.56 Å². The Morgan fingerprint density at radius 1 is 1.44 bits per heavy atom. The molecule has 2 unspecified atom stereocenters. The van der Waals surface area contributed by atoms with Crippen LogP contribution in [0, 0.1) is 11.7 Å². The molecule has 1 amide bonds. The average molecular weight is 382 g/mol. The number of nitrogens with zero attached hydrogens (tertiary/aromatic N) is 1. The van der Waals surface area contributed by atoms with Crippen LogP contribution in [0.3, 0.4) is 0 Å². The Morgan fingerprint density at radius 2 is 2.11 bits per heavy atom. The second-order valence-electron chi connectivity index (χ2n) is 8.45. The highest BCUT2D eigenvalue weighted by Gasteiger charge is 2.48. The van der Waals surface area contributed by atoms with Gasteiger partial charge in [-0.1, -0.05) is 6.07 Å². The Hall–Kier alpha value is -1.70. The highest BCUT2D eigenvalue weighted by Crippen LogP contribution is 2.37. The number of rotatable bonds is 5. The molecule has 1 aromatic rings. The van der Waals surface area contributed by atoms with Crippen molar-refractivity contribution in [3.05, 3.63) is 35.1 Å². The molecule has 1 aliphatic rings. The molecule has 1 aliphatic heterocycles. The Labute approximate surface area is 160 Å². The predicted octanol–water partition coefficient (Wildman–Crippen LogP) is 2.76. The van der Waals surface area contributed by atoms with Gasteiger partial charge in [0, 0.05) is 31.2 Å². The van der Waals surface area contributed by atoms with Gasteiger partial charge in [0.1, 0.15) is 11.4 Å². The van der Waals surface area contributed by atoms with Crippen molar-refractivity contribution in [3.63, 3.8) is 0 Å². The van der Waals surface area contributed by atoms with Gasteiger partial charge in [-0.25, -0.2) is 9.18 Å². The predicted molar refractivity (Wildman–Crippen MR) is 101 cm³/mol. The number of carbonyl (C=O) groups is 1. The molecule has 2 rings (SSSR count). The van der Waals surface area contributed by atoms with E-state index in [1.807, 2.05) is 13.8 Å². The number of likely N-dealkylation sites (tertiary alicyclic amines) is 1. The summed E-state index contributed by atoms with van der Waals surface area (Å²) in [6, 6.07) is 4.67. The lowest BCUT2D eigenvalue weighted by Crippen LogP contribution is -2.47. The summed E-state index contributed by atoms with van der Waals surface area (Å²) in [6.07, 6.45) is -0.474. The molecular formula is C20H31FN2O4. The highest BCUT2D eigenvalue weighted by atomic mass is 19.1. The zero-order chi connectivity index (χ0) is 20.4. The molecule has 27 heavy (non-hydrogen) atoms. The lowest BCUT2D eigenvalue weighted by Gasteiger charge is -2.31. The molecule has 1 fully saturated rings. The van der Waals surface area contributed by atoms with Crippen LogP contribution in [0.4, 0.5) is 9.18 Å². The van der Waals surface area contributed by atoms with Crippen molar-refractivity contribution in [2.75, 3.05) is 19.7 Å². The number of aliphatic hydroxyl groups is 1. The lowest BCUT2D eigenvalue weighted by atomic mass is 9.81. The minimum absolute atomic E-state index is 0.0460. The third-order valence-electron chi connectivity index (χ3n) is 4.61. The van der Waals surface area contributed by atoms with Crippen LogP contribution in [-0.2, 0) is 21.6 Å². The fraction of sp³-hybridized carbons (Fsp3) is 0.650. The lowest BCUT2D eigenvalue weighted by molar-refractivity contribution is 0.0278. The van der Waals surface area contributed by atoms with Gasteiger partial charge in [0.15, 0.2) is 0 Å². The molecule has 6 nitrogen and oxygen atoms in total. The van der Waals surface area contributed by atoms with Crippen molar-refractivity contribution in [1.82, 2.24) is 4.90 Å². The zero-order valence-corrected chi connectivity index (χ0v) is 16.8. The van der Waals surface area contributed by atoms with Gasteiger partial charge in [0.2, 0.25) is 0 Å². The third kappa shape index (κ3) is 5.18. The second kappa shape index (κ2) is 8.12. The first kappa shape index (κ1) is 21.6. The van der Waals surface area contributed by atoms with E-state index in [0.29, 0.717) is 6.61 Å². The first-order valence-electron chi connectivity index (χ1n) is 9.24. The van der Waals surface area contributed by atoms with Crippen molar-refractivity contribution >= 4 is 6.09 Å². The summed E-state index contributed by atoms with van der Waals surface area (Å²) in [7, 11) is 0. The van der Waals surface area contributed by atoms with Gasteiger partial charge in [0.25, 0.3) is 0 Å². The minimum Gasteiger partial charge on any atom is -0.444 e.